The Hall–Kier alpha value is -1.19. The lowest BCUT2D eigenvalue weighted by Crippen LogP contribution is -2.04. The minimum Gasteiger partial charge on any atom is -0.294 e. The highest BCUT2D eigenvalue weighted by Crippen LogP contribution is 2.20. The first-order valence-electron chi connectivity index (χ1n) is 5.70. The highest BCUT2D eigenvalue weighted by Gasteiger charge is 2.10. The van der Waals surface area contributed by atoms with Crippen molar-refractivity contribution in [1.29, 1.82) is 0 Å². The number of aryl methyl sites for hydroxylation is 1. The van der Waals surface area contributed by atoms with E-state index >= 15 is 0 Å². The van der Waals surface area contributed by atoms with E-state index in [0.717, 1.165) is 11.1 Å². The first-order chi connectivity index (χ1) is 8.97. The zero-order valence-corrected chi connectivity index (χ0v) is 12.6. The van der Waals surface area contributed by atoms with Crippen LogP contribution in [0.4, 0.5) is 4.39 Å². The van der Waals surface area contributed by atoms with Crippen molar-refractivity contribution in [2.24, 2.45) is 0 Å². The molecule has 0 aliphatic rings. The summed E-state index contributed by atoms with van der Waals surface area (Å²) in [5.74, 6) is -0.380. The van der Waals surface area contributed by atoms with Gasteiger partial charge in [-0.25, -0.2) is 4.39 Å². The number of rotatable bonds is 3. The van der Waals surface area contributed by atoms with Crippen LogP contribution in [0.5, 0.6) is 0 Å². The summed E-state index contributed by atoms with van der Waals surface area (Å²) in [6, 6.07) is 9.79. The number of Topliss-reactive ketones (excluding diaryl/α,β-unsaturated/α-hetero) is 1. The maximum absolute atomic E-state index is 13.1. The average Bonchev–Trinajstić information content (AvgIpc) is 2.37. The molecule has 0 spiro atoms. The zero-order valence-electron chi connectivity index (χ0n) is 10.2. The summed E-state index contributed by atoms with van der Waals surface area (Å²) in [5.41, 5.74) is 2.26. The number of hydrogen-bond acceptors (Lipinski definition) is 1. The van der Waals surface area contributed by atoms with E-state index in [-0.39, 0.29) is 18.0 Å². The van der Waals surface area contributed by atoms with Crippen LogP contribution in [0, 0.1) is 12.7 Å². The number of carbonyl (C=O) groups is 1. The molecule has 1 nitrogen and oxygen atoms in total. The number of carbonyl (C=O) groups excluding carboxylic acids is 1. The summed E-state index contributed by atoms with van der Waals surface area (Å²) in [6.45, 7) is 1.88. The van der Waals surface area contributed by atoms with Gasteiger partial charge in [0.05, 0.1) is 4.47 Å². The summed E-state index contributed by atoms with van der Waals surface area (Å²) in [4.78, 5) is 12.1. The first kappa shape index (κ1) is 14.2. The minimum atomic E-state index is -0.338. The second-order valence-corrected chi connectivity index (χ2v) is 5.57. The maximum atomic E-state index is 13.1. The molecule has 0 bridgehead atoms. The van der Waals surface area contributed by atoms with Crippen molar-refractivity contribution >= 4 is 33.3 Å². The molecule has 0 atom stereocenters. The van der Waals surface area contributed by atoms with E-state index < -0.39 is 0 Å². The van der Waals surface area contributed by atoms with E-state index in [4.69, 9.17) is 11.6 Å². The second kappa shape index (κ2) is 5.85. The van der Waals surface area contributed by atoms with Gasteiger partial charge in [-0.1, -0.05) is 29.8 Å². The van der Waals surface area contributed by atoms with Crippen molar-refractivity contribution < 1.29 is 9.18 Å². The standard InChI is InChI=1S/C15H11BrClFO/c1-9-2-4-11(8-13(9)17)15(19)7-10-3-5-14(18)12(16)6-10/h2-6,8H,7H2,1H3. The molecule has 0 aliphatic heterocycles. The van der Waals surface area contributed by atoms with Crippen LogP contribution in [0.1, 0.15) is 21.5 Å². The molecule has 0 heterocycles. The SMILES string of the molecule is Cc1ccc(C(=O)Cc2ccc(F)c(Br)c2)cc1Cl. The van der Waals surface area contributed by atoms with Crippen molar-refractivity contribution in [2.45, 2.75) is 13.3 Å². The Kier molecular flexibility index (Phi) is 4.38. The molecule has 0 unspecified atom stereocenters. The van der Waals surface area contributed by atoms with E-state index in [0.29, 0.717) is 15.1 Å². The summed E-state index contributed by atoms with van der Waals surface area (Å²) in [6.07, 6.45) is 0.221. The maximum Gasteiger partial charge on any atom is 0.167 e. The Morgan fingerprint density at radius 1 is 1.26 bits per heavy atom. The molecule has 0 fully saturated rings. The topological polar surface area (TPSA) is 17.1 Å². The zero-order chi connectivity index (χ0) is 14.0. The van der Waals surface area contributed by atoms with Crippen molar-refractivity contribution in [2.75, 3.05) is 0 Å². The quantitative estimate of drug-likeness (QED) is 0.720. The molecule has 98 valence electrons. The van der Waals surface area contributed by atoms with Crippen molar-refractivity contribution in [1.82, 2.24) is 0 Å². The summed E-state index contributed by atoms with van der Waals surface area (Å²) in [7, 11) is 0. The number of hydrogen-bond donors (Lipinski definition) is 0. The third-order valence-corrected chi connectivity index (χ3v) is 3.86. The van der Waals surface area contributed by atoms with Gasteiger partial charge < -0.3 is 0 Å². The van der Waals surface area contributed by atoms with Crippen LogP contribution in [-0.2, 0) is 6.42 Å². The molecule has 2 aromatic carbocycles. The molecule has 0 amide bonds. The van der Waals surface area contributed by atoms with Crippen LogP contribution < -0.4 is 0 Å². The van der Waals surface area contributed by atoms with Crippen molar-refractivity contribution in [3.63, 3.8) is 0 Å². The van der Waals surface area contributed by atoms with Gasteiger partial charge >= 0.3 is 0 Å². The summed E-state index contributed by atoms with van der Waals surface area (Å²) < 4.78 is 13.5. The van der Waals surface area contributed by atoms with Gasteiger partial charge in [-0.3, -0.25) is 4.79 Å². The molecule has 0 N–H and O–H groups in total. The van der Waals surface area contributed by atoms with Crippen molar-refractivity contribution in [3.8, 4) is 0 Å². The van der Waals surface area contributed by atoms with Gasteiger partial charge in [0.15, 0.2) is 5.78 Å². The van der Waals surface area contributed by atoms with Gasteiger partial charge in [-0.05, 0) is 52.2 Å². The highest BCUT2D eigenvalue weighted by molar-refractivity contribution is 9.10. The van der Waals surface area contributed by atoms with E-state index in [1.165, 1.54) is 6.07 Å². The molecular formula is C15H11BrClFO. The third-order valence-electron chi connectivity index (χ3n) is 2.84. The van der Waals surface area contributed by atoms with Crippen molar-refractivity contribution in [3.05, 3.63) is 68.4 Å². The largest absolute Gasteiger partial charge is 0.294 e. The van der Waals surface area contributed by atoms with E-state index in [2.05, 4.69) is 15.9 Å². The number of halogens is 3. The second-order valence-electron chi connectivity index (χ2n) is 4.31. The van der Waals surface area contributed by atoms with Gasteiger partial charge in [0.1, 0.15) is 5.82 Å². The number of ketones is 1. The fraction of sp³-hybridized carbons (Fsp3) is 0.133. The Morgan fingerprint density at radius 3 is 2.63 bits per heavy atom. The monoisotopic (exact) mass is 340 g/mol. The third kappa shape index (κ3) is 3.43. The van der Waals surface area contributed by atoms with Crippen LogP contribution in [0.25, 0.3) is 0 Å². The summed E-state index contributed by atoms with van der Waals surface area (Å²) >= 11 is 9.10. The smallest absolute Gasteiger partial charge is 0.167 e. The molecule has 2 rings (SSSR count). The molecule has 0 saturated heterocycles. The van der Waals surface area contributed by atoms with Gasteiger partial charge in [0.2, 0.25) is 0 Å². The van der Waals surface area contributed by atoms with Crippen LogP contribution in [-0.4, -0.2) is 5.78 Å². The lowest BCUT2D eigenvalue weighted by Gasteiger charge is -2.05. The molecule has 0 aromatic heterocycles. The molecule has 0 radical (unpaired) electrons. The van der Waals surface area contributed by atoms with E-state index in [1.807, 2.05) is 13.0 Å². The molecular weight excluding hydrogens is 331 g/mol. The predicted molar refractivity (Wildman–Crippen MR) is 78.3 cm³/mol. The highest BCUT2D eigenvalue weighted by atomic mass is 79.9. The average molecular weight is 342 g/mol. The first-order valence-corrected chi connectivity index (χ1v) is 6.88. The van der Waals surface area contributed by atoms with E-state index in [9.17, 15) is 9.18 Å². The van der Waals surface area contributed by atoms with Gasteiger partial charge in [-0.2, -0.15) is 0 Å². The molecule has 2 aromatic rings. The summed E-state index contributed by atoms with van der Waals surface area (Å²) in [5, 5.41) is 0.575. The van der Waals surface area contributed by atoms with Crippen LogP contribution in [0.2, 0.25) is 5.02 Å². The van der Waals surface area contributed by atoms with E-state index in [1.54, 1.807) is 24.3 Å². The fourth-order valence-corrected chi connectivity index (χ4v) is 2.31. The predicted octanol–water partition coefficient (Wildman–Crippen LogP) is 4.98. The molecule has 19 heavy (non-hydrogen) atoms. The van der Waals surface area contributed by atoms with Gasteiger partial charge in [0, 0.05) is 17.0 Å². The Balaban J connectivity index is 2.20. The van der Waals surface area contributed by atoms with Gasteiger partial charge in [0.25, 0.3) is 0 Å². The molecule has 0 saturated carbocycles. The Bertz CT molecular complexity index is 640. The lowest BCUT2D eigenvalue weighted by molar-refractivity contribution is 0.0993. The Morgan fingerprint density at radius 2 is 2.00 bits per heavy atom. The lowest BCUT2D eigenvalue weighted by atomic mass is 10.0. The molecule has 4 heteroatoms. The number of benzene rings is 2. The van der Waals surface area contributed by atoms with Crippen LogP contribution in [0.3, 0.4) is 0 Å². The minimum absolute atomic E-state index is 0.0413. The van der Waals surface area contributed by atoms with Crippen LogP contribution >= 0.6 is 27.5 Å². The van der Waals surface area contributed by atoms with Crippen LogP contribution in [0.15, 0.2) is 40.9 Å². The fourth-order valence-electron chi connectivity index (χ4n) is 1.70. The van der Waals surface area contributed by atoms with Gasteiger partial charge in [-0.15, -0.1) is 0 Å². The molecule has 0 aliphatic carbocycles. The Labute approximate surface area is 124 Å². The normalized spacial score (nSPS) is 10.5.